The predicted octanol–water partition coefficient (Wildman–Crippen LogP) is 6.85. The molecule has 3 aromatic carbocycles. The van der Waals surface area contributed by atoms with E-state index in [0.717, 1.165) is 37.8 Å². The van der Waals surface area contributed by atoms with Crippen molar-refractivity contribution in [3.63, 3.8) is 0 Å². The zero-order chi connectivity index (χ0) is 23.7. The second kappa shape index (κ2) is 9.08. The molecule has 1 amide bonds. The number of benzene rings is 3. The summed E-state index contributed by atoms with van der Waals surface area (Å²) < 4.78 is 6.19. The number of para-hydroxylation sites is 1. The molecule has 5 rings (SSSR count). The van der Waals surface area contributed by atoms with Gasteiger partial charge in [0.25, 0.3) is 5.91 Å². The van der Waals surface area contributed by atoms with Gasteiger partial charge in [-0.2, -0.15) is 0 Å². The molecule has 6 heteroatoms. The van der Waals surface area contributed by atoms with E-state index in [0.29, 0.717) is 16.1 Å². The highest BCUT2D eigenvalue weighted by Gasteiger charge is 2.23. The number of anilines is 1. The number of amides is 1. The van der Waals surface area contributed by atoms with Gasteiger partial charge in [-0.1, -0.05) is 60.2 Å². The molecule has 1 N–H and O–H groups in total. The second-order valence-electron chi connectivity index (χ2n) is 7.92. The van der Waals surface area contributed by atoms with E-state index >= 15 is 0 Å². The fraction of sp³-hybridized carbons (Fsp3) is 0.107. The Morgan fingerprint density at radius 1 is 0.941 bits per heavy atom. The highest BCUT2D eigenvalue weighted by Crippen LogP contribution is 2.37. The van der Waals surface area contributed by atoms with Crippen LogP contribution in [0.4, 0.5) is 5.00 Å². The molecule has 2 heterocycles. The summed E-state index contributed by atoms with van der Waals surface area (Å²) >= 11 is 1.36. The number of rotatable bonds is 5. The Kier molecular flexibility index (Phi) is 5.82. The van der Waals surface area contributed by atoms with Gasteiger partial charge in [-0.25, -0.2) is 9.78 Å². The lowest BCUT2D eigenvalue weighted by Crippen LogP contribution is -2.15. The first-order valence-electron chi connectivity index (χ1n) is 11.0. The minimum atomic E-state index is -0.449. The zero-order valence-corrected chi connectivity index (χ0v) is 19.6. The van der Waals surface area contributed by atoms with Crippen molar-refractivity contribution in [1.82, 2.24) is 4.98 Å². The van der Waals surface area contributed by atoms with Crippen LogP contribution in [-0.2, 0) is 4.74 Å². The topological polar surface area (TPSA) is 68.3 Å². The van der Waals surface area contributed by atoms with E-state index < -0.39 is 5.97 Å². The maximum Gasteiger partial charge on any atom is 0.341 e. The van der Waals surface area contributed by atoms with Gasteiger partial charge in [0.2, 0.25) is 0 Å². The molecule has 0 unspecified atom stereocenters. The molecule has 0 aliphatic carbocycles. The lowest BCUT2D eigenvalue weighted by molar-refractivity contribution is 0.0530. The van der Waals surface area contributed by atoms with E-state index in [4.69, 9.17) is 9.72 Å². The number of hydrogen-bond donors (Lipinski definition) is 1. The van der Waals surface area contributed by atoms with Crippen molar-refractivity contribution in [2.75, 3.05) is 11.9 Å². The third-order valence-corrected chi connectivity index (χ3v) is 6.66. The van der Waals surface area contributed by atoms with Gasteiger partial charge >= 0.3 is 5.97 Å². The van der Waals surface area contributed by atoms with E-state index in [1.165, 1.54) is 11.3 Å². The SMILES string of the molecule is CCOC(=O)c1c(NC(=O)c2cc(-c3cccc(C)c3)nc3ccccc23)sc2ccccc12. The quantitative estimate of drug-likeness (QED) is 0.288. The van der Waals surface area contributed by atoms with Gasteiger partial charge < -0.3 is 10.1 Å². The van der Waals surface area contributed by atoms with Gasteiger partial charge in [0.05, 0.1) is 23.4 Å². The van der Waals surface area contributed by atoms with Crippen LogP contribution in [0.2, 0.25) is 0 Å². The molecule has 5 nitrogen and oxygen atoms in total. The molecular weight excluding hydrogens is 444 g/mol. The van der Waals surface area contributed by atoms with Crippen molar-refractivity contribution >= 4 is 49.2 Å². The molecule has 168 valence electrons. The van der Waals surface area contributed by atoms with Crippen LogP contribution in [0.15, 0.2) is 78.9 Å². The minimum Gasteiger partial charge on any atom is -0.462 e. The number of fused-ring (bicyclic) bond motifs is 2. The van der Waals surface area contributed by atoms with E-state index in [2.05, 4.69) is 5.32 Å². The Hall–Kier alpha value is -4.03. The van der Waals surface area contributed by atoms with Crippen LogP contribution in [0.3, 0.4) is 0 Å². The molecule has 0 fully saturated rings. The summed E-state index contributed by atoms with van der Waals surface area (Å²) in [6, 6.07) is 25.0. The first-order chi connectivity index (χ1) is 16.5. The average Bonchev–Trinajstić information content (AvgIpc) is 3.21. The van der Waals surface area contributed by atoms with Crippen molar-refractivity contribution < 1.29 is 14.3 Å². The van der Waals surface area contributed by atoms with E-state index in [9.17, 15) is 9.59 Å². The summed E-state index contributed by atoms with van der Waals surface area (Å²) in [5.74, 6) is -0.750. The molecule has 0 saturated carbocycles. The Morgan fingerprint density at radius 2 is 1.71 bits per heavy atom. The van der Waals surface area contributed by atoms with E-state index in [1.807, 2.05) is 85.8 Å². The number of ether oxygens (including phenoxy) is 1. The Balaban J connectivity index is 1.62. The van der Waals surface area contributed by atoms with Crippen molar-refractivity contribution in [3.05, 3.63) is 95.6 Å². The number of thiophene rings is 1. The maximum absolute atomic E-state index is 13.6. The summed E-state index contributed by atoms with van der Waals surface area (Å²) in [5, 5.41) is 4.97. The summed E-state index contributed by atoms with van der Waals surface area (Å²) in [6.45, 7) is 4.04. The number of carbonyl (C=O) groups is 2. The highest BCUT2D eigenvalue weighted by molar-refractivity contribution is 7.23. The van der Waals surface area contributed by atoms with Crippen LogP contribution in [0.25, 0.3) is 32.2 Å². The smallest absolute Gasteiger partial charge is 0.341 e. The lowest BCUT2D eigenvalue weighted by atomic mass is 10.0. The molecule has 0 atom stereocenters. The molecule has 2 aromatic heterocycles. The third kappa shape index (κ3) is 4.04. The van der Waals surface area contributed by atoms with Crippen molar-refractivity contribution in [2.45, 2.75) is 13.8 Å². The van der Waals surface area contributed by atoms with Crippen molar-refractivity contribution in [2.24, 2.45) is 0 Å². The van der Waals surface area contributed by atoms with Crippen LogP contribution >= 0.6 is 11.3 Å². The minimum absolute atomic E-state index is 0.255. The molecule has 5 aromatic rings. The van der Waals surface area contributed by atoms with E-state index in [-0.39, 0.29) is 12.5 Å². The Labute approximate surface area is 201 Å². The van der Waals surface area contributed by atoms with Gasteiger partial charge in [-0.3, -0.25) is 4.79 Å². The molecule has 0 bridgehead atoms. The number of hydrogen-bond acceptors (Lipinski definition) is 5. The number of nitrogens with one attached hydrogen (secondary N) is 1. The average molecular weight is 467 g/mol. The van der Waals surface area contributed by atoms with Gasteiger partial charge in [0, 0.05) is 21.0 Å². The fourth-order valence-electron chi connectivity index (χ4n) is 4.03. The lowest BCUT2D eigenvalue weighted by Gasteiger charge is -2.11. The Bertz CT molecular complexity index is 1550. The van der Waals surface area contributed by atoms with Gasteiger partial charge in [-0.05, 0) is 38.1 Å². The first kappa shape index (κ1) is 21.8. The molecule has 0 aliphatic heterocycles. The van der Waals surface area contributed by atoms with E-state index in [1.54, 1.807) is 6.92 Å². The predicted molar refractivity (Wildman–Crippen MR) is 138 cm³/mol. The normalized spacial score (nSPS) is 11.0. The molecule has 0 radical (unpaired) electrons. The molecule has 0 saturated heterocycles. The van der Waals surface area contributed by atoms with Crippen LogP contribution in [0, 0.1) is 6.92 Å². The monoisotopic (exact) mass is 466 g/mol. The van der Waals surface area contributed by atoms with Crippen LogP contribution in [0.5, 0.6) is 0 Å². The number of carbonyl (C=O) groups excluding carboxylic acids is 2. The molecule has 0 spiro atoms. The number of nitrogens with zero attached hydrogens (tertiary/aromatic N) is 1. The van der Waals surface area contributed by atoms with Crippen LogP contribution in [-0.4, -0.2) is 23.5 Å². The maximum atomic E-state index is 13.6. The summed E-state index contributed by atoms with van der Waals surface area (Å²) in [6.07, 6.45) is 0. The summed E-state index contributed by atoms with van der Waals surface area (Å²) in [4.78, 5) is 31.2. The van der Waals surface area contributed by atoms with Crippen LogP contribution < -0.4 is 5.32 Å². The van der Waals surface area contributed by atoms with Crippen molar-refractivity contribution in [3.8, 4) is 11.3 Å². The summed E-state index contributed by atoms with van der Waals surface area (Å²) in [5.41, 5.74) is 4.38. The number of pyridine rings is 1. The zero-order valence-electron chi connectivity index (χ0n) is 18.8. The molecular formula is C28H22N2O3S. The second-order valence-corrected chi connectivity index (χ2v) is 8.97. The van der Waals surface area contributed by atoms with Gasteiger partial charge in [0.1, 0.15) is 10.6 Å². The molecule has 0 aliphatic rings. The number of esters is 1. The molecule has 34 heavy (non-hydrogen) atoms. The third-order valence-electron chi connectivity index (χ3n) is 5.58. The first-order valence-corrected chi connectivity index (χ1v) is 11.8. The van der Waals surface area contributed by atoms with Gasteiger partial charge in [0.15, 0.2) is 0 Å². The number of aromatic nitrogens is 1. The van der Waals surface area contributed by atoms with Gasteiger partial charge in [-0.15, -0.1) is 11.3 Å². The summed E-state index contributed by atoms with van der Waals surface area (Å²) in [7, 11) is 0. The van der Waals surface area contributed by atoms with Crippen LogP contribution in [0.1, 0.15) is 33.2 Å². The highest BCUT2D eigenvalue weighted by atomic mass is 32.1. The number of aryl methyl sites for hydroxylation is 1. The van der Waals surface area contributed by atoms with Crippen molar-refractivity contribution in [1.29, 1.82) is 0 Å². The fourth-order valence-corrected chi connectivity index (χ4v) is 5.11. The largest absolute Gasteiger partial charge is 0.462 e. The Morgan fingerprint density at radius 3 is 2.50 bits per heavy atom. The standard InChI is InChI=1S/C28H22N2O3S/c1-3-33-28(32)25-20-12-5-7-14-24(20)34-27(25)30-26(31)21-16-23(18-10-8-9-17(2)15-18)29-22-13-6-4-11-19(21)22/h4-16H,3H2,1-2H3,(H,30,31).